The van der Waals surface area contributed by atoms with Crippen molar-refractivity contribution in [1.29, 1.82) is 0 Å². The number of fused-ring (bicyclic) bond motifs is 1. The number of halogens is 4. The minimum atomic E-state index is -4.71. The number of alkyl halides is 3. The molecule has 0 saturated carbocycles. The van der Waals surface area contributed by atoms with Crippen molar-refractivity contribution in [2.45, 2.75) is 46.0 Å². The lowest BCUT2D eigenvalue weighted by molar-refractivity contribution is -0.274. The molecule has 4 rings (SSSR count). The number of hydrogen-bond donors (Lipinski definition) is 0. The van der Waals surface area contributed by atoms with Gasteiger partial charge >= 0.3 is 6.36 Å². The predicted octanol–water partition coefficient (Wildman–Crippen LogP) is 6.36. The van der Waals surface area contributed by atoms with Gasteiger partial charge in [-0.15, -0.1) is 13.2 Å². The van der Waals surface area contributed by atoms with Crippen LogP contribution in [0.3, 0.4) is 0 Å². The van der Waals surface area contributed by atoms with Gasteiger partial charge in [0.25, 0.3) is 0 Å². The van der Waals surface area contributed by atoms with Crippen molar-refractivity contribution in [3.8, 4) is 5.75 Å². The van der Waals surface area contributed by atoms with Gasteiger partial charge in [0.15, 0.2) is 0 Å². The molecule has 0 bridgehead atoms. The second kappa shape index (κ2) is 8.62. The van der Waals surface area contributed by atoms with Gasteiger partial charge in [-0.1, -0.05) is 29.8 Å². The molecule has 1 aliphatic rings. The summed E-state index contributed by atoms with van der Waals surface area (Å²) in [7, 11) is 0. The first-order valence-corrected chi connectivity index (χ1v) is 10.7. The van der Waals surface area contributed by atoms with Crippen LogP contribution in [0.25, 0.3) is 0 Å². The Morgan fingerprint density at radius 3 is 2.50 bits per heavy atom. The molecule has 0 saturated heterocycles. The van der Waals surface area contributed by atoms with Crippen LogP contribution in [-0.4, -0.2) is 22.9 Å². The summed E-state index contributed by atoms with van der Waals surface area (Å²) in [5.74, 6) is 1.27. The Labute approximate surface area is 190 Å². The molecule has 2 aromatic carbocycles. The summed E-state index contributed by atoms with van der Waals surface area (Å²) in [5.41, 5.74) is 5.20. The Morgan fingerprint density at radius 1 is 1.09 bits per heavy atom. The van der Waals surface area contributed by atoms with Crippen LogP contribution in [-0.2, 0) is 12.8 Å². The van der Waals surface area contributed by atoms with Gasteiger partial charge < -0.3 is 9.64 Å². The maximum atomic E-state index is 12.4. The SMILES string of the molecule is Cc1nc(Cc2ccc(OC(F)(F)F)cc2)nc(N2CCc3cc(Cl)ccc3C2C)c1C. The number of benzene rings is 2. The molecule has 4 nitrogen and oxygen atoms in total. The number of aromatic nitrogens is 2. The van der Waals surface area contributed by atoms with Gasteiger partial charge in [-0.3, -0.25) is 0 Å². The fourth-order valence-electron chi connectivity index (χ4n) is 4.11. The van der Waals surface area contributed by atoms with E-state index in [1.807, 2.05) is 26.0 Å². The molecule has 1 aliphatic heterocycles. The van der Waals surface area contributed by atoms with E-state index >= 15 is 0 Å². The largest absolute Gasteiger partial charge is 0.573 e. The van der Waals surface area contributed by atoms with Crippen molar-refractivity contribution in [1.82, 2.24) is 9.97 Å². The quantitative estimate of drug-likeness (QED) is 0.453. The summed E-state index contributed by atoms with van der Waals surface area (Å²) in [5, 5.41) is 0.743. The van der Waals surface area contributed by atoms with Crippen LogP contribution in [0.15, 0.2) is 42.5 Å². The van der Waals surface area contributed by atoms with E-state index in [-0.39, 0.29) is 11.8 Å². The third-order valence-electron chi connectivity index (χ3n) is 5.85. The number of nitrogens with zero attached hydrogens (tertiary/aromatic N) is 3. The van der Waals surface area contributed by atoms with Gasteiger partial charge in [0.2, 0.25) is 0 Å². The van der Waals surface area contributed by atoms with Crippen LogP contribution in [0, 0.1) is 13.8 Å². The summed E-state index contributed by atoms with van der Waals surface area (Å²) >= 11 is 6.17. The van der Waals surface area contributed by atoms with Crippen LogP contribution in [0.1, 0.15) is 46.7 Å². The molecule has 0 fully saturated rings. The molecule has 0 aliphatic carbocycles. The molecule has 168 valence electrons. The van der Waals surface area contributed by atoms with E-state index in [0.29, 0.717) is 12.2 Å². The molecule has 0 N–H and O–H groups in total. The molecule has 0 radical (unpaired) electrons. The van der Waals surface area contributed by atoms with E-state index in [2.05, 4.69) is 27.6 Å². The molecule has 1 atom stereocenters. The third kappa shape index (κ3) is 4.83. The van der Waals surface area contributed by atoms with Gasteiger partial charge in [0.05, 0.1) is 6.04 Å². The minimum absolute atomic E-state index is 0.135. The third-order valence-corrected chi connectivity index (χ3v) is 6.08. The maximum absolute atomic E-state index is 12.4. The smallest absolute Gasteiger partial charge is 0.406 e. The highest BCUT2D eigenvalue weighted by atomic mass is 35.5. The first-order chi connectivity index (χ1) is 15.1. The lowest BCUT2D eigenvalue weighted by Crippen LogP contribution is -2.35. The molecular weight excluding hydrogens is 439 g/mol. The molecule has 8 heteroatoms. The van der Waals surface area contributed by atoms with Crippen molar-refractivity contribution in [3.63, 3.8) is 0 Å². The van der Waals surface area contributed by atoms with E-state index in [4.69, 9.17) is 16.6 Å². The molecular formula is C24H23ClF3N3O. The lowest BCUT2D eigenvalue weighted by atomic mass is 9.93. The van der Waals surface area contributed by atoms with Crippen LogP contribution >= 0.6 is 11.6 Å². The first kappa shape index (κ1) is 22.4. The molecule has 1 aromatic heterocycles. The van der Waals surface area contributed by atoms with Crippen LogP contribution < -0.4 is 9.64 Å². The number of aryl methyl sites for hydroxylation is 1. The molecule has 3 aromatic rings. The zero-order valence-corrected chi connectivity index (χ0v) is 18.8. The summed E-state index contributed by atoms with van der Waals surface area (Å²) in [4.78, 5) is 11.8. The Kier molecular flexibility index (Phi) is 6.03. The Balaban J connectivity index is 1.59. The highest BCUT2D eigenvalue weighted by Crippen LogP contribution is 2.35. The van der Waals surface area contributed by atoms with Crippen molar-refractivity contribution in [2.24, 2.45) is 0 Å². The molecule has 1 unspecified atom stereocenters. The Morgan fingerprint density at radius 2 is 1.81 bits per heavy atom. The highest BCUT2D eigenvalue weighted by Gasteiger charge is 2.31. The monoisotopic (exact) mass is 461 g/mol. The fourth-order valence-corrected chi connectivity index (χ4v) is 4.31. The second-order valence-electron chi connectivity index (χ2n) is 8.00. The molecule has 0 spiro atoms. The van der Waals surface area contributed by atoms with Crippen LogP contribution in [0.4, 0.5) is 19.0 Å². The summed E-state index contributed by atoms with van der Waals surface area (Å²) in [6.45, 7) is 6.94. The van der Waals surface area contributed by atoms with E-state index < -0.39 is 6.36 Å². The van der Waals surface area contributed by atoms with Crippen molar-refractivity contribution >= 4 is 17.4 Å². The van der Waals surface area contributed by atoms with Gasteiger partial charge in [-0.05, 0) is 68.1 Å². The van der Waals surface area contributed by atoms with Gasteiger partial charge in [-0.25, -0.2) is 9.97 Å². The Hall–Kier alpha value is -2.80. The summed E-state index contributed by atoms with van der Waals surface area (Å²) in [6, 6.07) is 12.0. The van der Waals surface area contributed by atoms with Crippen molar-refractivity contribution in [2.75, 3.05) is 11.4 Å². The fraction of sp³-hybridized carbons (Fsp3) is 0.333. The summed E-state index contributed by atoms with van der Waals surface area (Å²) in [6.07, 6.45) is -3.42. The minimum Gasteiger partial charge on any atom is -0.406 e. The number of rotatable bonds is 4. The van der Waals surface area contributed by atoms with Crippen LogP contribution in [0.2, 0.25) is 5.02 Å². The zero-order valence-electron chi connectivity index (χ0n) is 18.0. The predicted molar refractivity (Wildman–Crippen MR) is 118 cm³/mol. The summed E-state index contributed by atoms with van der Waals surface area (Å²) < 4.78 is 41.1. The number of anilines is 1. The van der Waals surface area contributed by atoms with Gasteiger partial charge in [-0.2, -0.15) is 0 Å². The van der Waals surface area contributed by atoms with Crippen LogP contribution in [0.5, 0.6) is 5.75 Å². The second-order valence-corrected chi connectivity index (χ2v) is 8.44. The lowest BCUT2D eigenvalue weighted by Gasteiger charge is -2.37. The van der Waals surface area contributed by atoms with E-state index in [0.717, 1.165) is 40.6 Å². The average molecular weight is 462 g/mol. The number of ether oxygens (including phenoxy) is 1. The maximum Gasteiger partial charge on any atom is 0.573 e. The normalized spacial score (nSPS) is 16.1. The van der Waals surface area contributed by atoms with E-state index in [1.165, 1.54) is 23.3 Å². The molecule has 32 heavy (non-hydrogen) atoms. The highest BCUT2D eigenvalue weighted by molar-refractivity contribution is 6.30. The molecule has 2 heterocycles. The Bertz CT molecular complexity index is 1130. The van der Waals surface area contributed by atoms with Crippen molar-refractivity contribution in [3.05, 3.63) is 81.3 Å². The standard InChI is InChI=1S/C24H23ClF3N3O/c1-14-15(2)29-22(12-17-4-7-20(8-5-17)32-24(26,27)28)30-23(14)31-11-10-18-13-19(25)6-9-21(18)16(31)3/h4-9,13,16H,10-12H2,1-3H3. The van der Waals surface area contributed by atoms with E-state index in [9.17, 15) is 13.2 Å². The zero-order chi connectivity index (χ0) is 23.0. The first-order valence-electron chi connectivity index (χ1n) is 10.3. The van der Waals surface area contributed by atoms with Crippen molar-refractivity contribution < 1.29 is 17.9 Å². The van der Waals surface area contributed by atoms with Gasteiger partial charge in [0.1, 0.15) is 17.4 Å². The van der Waals surface area contributed by atoms with Gasteiger partial charge in [0, 0.05) is 29.2 Å². The topological polar surface area (TPSA) is 38.3 Å². The number of hydrogen-bond acceptors (Lipinski definition) is 4. The molecule has 0 amide bonds. The average Bonchev–Trinajstić information content (AvgIpc) is 2.71. The van der Waals surface area contributed by atoms with E-state index in [1.54, 1.807) is 12.1 Å².